The number of nitrogens with zero attached hydrogens (tertiary/aromatic N) is 4. The van der Waals surface area contributed by atoms with Crippen LogP contribution in [0.25, 0.3) is 11.4 Å². The molecule has 1 amide bonds. The number of hydrogen-bond acceptors (Lipinski definition) is 7. The van der Waals surface area contributed by atoms with E-state index in [2.05, 4.69) is 15.6 Å². The number of benzene rings is 2. The number of rotatable bonds is 5. The van der Waals surface area contributed by atoms with Gasteiger partial charge in [-0.05, 0) is 36.8 Å². The van der Waals surface area contributed by atoms with Gasteiger partial charge in [-0.25, -0.2) is 5.43 Å². The Kier molecular flexibility index (Phi) is 5.09. The summed E-state index contributed by atoms with van der Waals surface area (Å²) in [4.78, 5) is 19.1. The maximum Gasteiger partial charge on any atom is 0.251 e. The topological polar surface area (TPSA) is 83.7 Å². The predicted molar refractivity (Wildman–Crippen MR) is 114 cm³/mol. The van der Waals surface area contributed by atoms with Crippen molar-refractivity contribution in [3.63, 3.8) is 0 Å². The number of carbonyl (C=O) groups excluding carboxylic acids is 1. The summed E-state index contributed by atoms with van der Waals surface area (Å²) < 4.78 is 10.8. The van der Waals surface area contributed by atoms with Crippen molar-refractivity contribution < 1.29 is 14.1 Å². The van der Waals surface area contributed by atoms with Gasteiger partial charge in [0.1, 0.15) is 18.3 Å². The zero-order chi connectivity index (χ0) is 21.4. The van der Waals surface area contributed by atoms with Gasteiger partial charge in [0.15, 0.2) is 0 Å². The largest absolute Gasteiger partial charge is 0.496 e. The monoisotopic (exact) mass is 437 g/mol. The van der Waals surface area contributed by atoms with Gasteiger partial charge >= 0.3 is 0 Å². The molecular weight excluding hydrogens is 418 g/mol. The molecule has 1 N–H and O–H groups in total. The normalized spacial score (nSPS) is 20.3. The highest BCUT2D eigenvalue weighted by Gasteiger charge is 2.41. The van der Waals surface area contributed by atoms with E-state index in [0.717, 1.165) is 16.9 Å². The maximum absolute atomic E-state index is 13.1. The summed E-state index contributed by atoms with van der Waals surface area (Å²) in [5, 5.41) is 6.50. The van der Waals surface area contributed by atoms with Crippen molar-refractivity contribution in [1.82, 2.24) is 25.5 Å². The second-order valence-corrected chi connectivity index (χ2v) is 7.80. The highest BCUT2D eigenvalue weighted by molar-refractivity contribution is 6.30. The number of halogens is 1. The van der Waals surface area contributed by atoms with Gasteiger partial charge in [-0.3, -0.25) is 4.79 Å². The smallest absolute Gasteiger partial charge is 0.251 e. The minimum absolute atomic E-state index is 0.0189. The van der Waals surface area contributed by atoms with Crippen LogP contribution in [-0.4, -0.2) is 39.1 Å². The lowest BCUT2D eigenvalue weighted by Crippen LogP contribution is -2.47. The number of hydrazine groups is 1. The Morgan fingerprint density at radius 3 is 2.81 bits per heavy atom. The SMILES string of the molecule is COc1ccccc1C1CC2C(=O)N(Cc3nc(-c4ccc(Cl)cc4)no3)C=CN2N1. The Labute approximate surface area is 184 Å². The number of fused-ring (bicyclic) bond motifs is 1. The van der Waals surface area contributed by atoms with Crippen molar-refractivity contribution in [3.05, 3.63) is 77.4 Å². The van der Waals surface area contributed by atoms with E-state index in [1.165, 1.54) is 0 Å². The molecule has 1 saturated heterocycles. The molecule has 9 heteroatoms. The van der Waals surface area contributed by atoms with Crippen molar-refractivity contribution in [3.8, 4) is 17.1 Å². The van der Waals surface area contributed by atoms with Gasteiger partial charge in [-0.1, -0.05) is 35.0 Å². The predicted octanol–water partition coefficient (Wildman–Crippen LogP) is 3.53. The number of carbonyl (C=O) groups is 1. The molecule has 0 aliphatic carbocycles. The molecule has 1 fully saturated rings. The quantitative estimate of drug-likeness (QED) is 0.653. The van der Waals surface area contributed by atoms with Crippen LogP contribution in [0.3, 0.4) is 0 Å². The summed E-state index contributed by atoms with van der Waals surface area (Å²) in [5.41, 5.74) is 5.21. The number of amides is 1. The summed E-state index contributed by atoms with van der Waals surface area (Å²) >= 11 is 5.93. The van der Waals surface area contributed by atoms with E-state index in [1.807, 2.05) is 47.6 Å². The van der Waals surface area contributed by atoms with Crippen LogP contribution in [0.1, 0.15) is 23.9 Å². The summed E-state index contributed by atoms with van der Waals surface area (Å²) in [5.74, 6) is 1.59. The van der Waals surface area contributed by atoms with E-state index < -0.39 is 0 Å². The molecule has 0 radical (unpaired) electrons. The number of nitrogens with one attached hydrogen (secondary N) is 1. The van der Waals surface area contributed by atoms with Crippen LogP contribution in [0, 0.1) is 0 Å². The molecule has 31 heavy (non-hydrogen) atoms. The lowest BCUT2D eigenvalue weighted by Gasteiger charge is -2.30. The molecule has 0 saturated carbocycles. The minimum Gasteiger partial charge on any atom is -0.496 e. The molecule has 3 aromatic rings. The van der Waals surface area contributed by atoms with Gasteiger partial charge in [-0.2, -0.15) is 4.98 Å². The molecule has 8 nitrogen and oxygen atoms in total. The van der Waals surface area contributed by atoms with E-state index in [-0.39, 0.29) is 24.5 Å². The van der Waals surface area contributed by atoms with E-state index in [0.29, 0.717) is 23.2 Å². The van der Waals surface area contributed by atoms with Crippen LogP contribution < -0.4 is 10.2 Å². The van der Waals surface area contributed by atoms with E-state index in [9.17, 15) is 4.79 Å². The average Bonchev–Trinajstić information content (AvgIpc) is 3.44. The number of ether oxygens (including phenoxy) is 1. The molecule has 2 atom stereocenters. The standard InChI is InChI=1S/C22H20ClN5O3/c1-30-19-5-3-2-4-16(19)17-12-18-22(29)27(10-11-28(18)25-17)13-20-24-21(26-31-20)14-6-8-15(23)9-7-14/h2-11,17-18,25H,12-13H2,1H3. The van der Waals surface area contributed by atoms with Crippen LogP contribution in [0.5, 0.6) is 5.75 Å². The van der Waals surface area contributed by atoms with Crippen LogP contribution in [0.15, 0.2) is 65.5 Å². The third-order valence-electron chi connectivity index (χ3n) is 5.47. The molecule has 1 aromatic heterocycles. The van der Waals surface area contributed by atoms with Crippen LogP contribution in [0.2, 0.25) is 5.02 Å². The molecule has 2 aromatic carbocycles. The summed E-state index contributed by atoms with van der Waals surface area (Å²) in [6.45, 7) is 0.208. The van der Waals surface area contributed by atoms with Gasteiger partial charge in [0.05, 0.1) is 13.2 Å². The van der Waals surface area contributed by atoms with Gasteiger partial charge < -0.3 is 19.2 Å². The molecule has 3 heterocycles. The number of methoxy groups -OCH3 is 1. The third kappa shape index (κ3) is 3.75. The fourth-order valence-corrected chi connectivity index (χ4v) is 4.03. The molecule has 2 aliphatic heterocycles. The zero-order valence-corrected chi connectivity index (χ0v) is 17.5. The lowest BCUT2D eigenvalue weighted by atomic mass is 10.00. The number of para-hydroxylation sites is 1. The van der Waals surface area contributed by atoms with Crippen molar-refractivity contribution in [2.24, 2.45) is 0 Å². The molecular formula is C22H20ClN5O3. The highest BCUT2D eigenvalue weighted by Crippen LogP contribution is 2.35. The fourth-order valence-electron chi connectivity index (χ4n) is 3.91. The molecule has 158 valence electrons. The molecule has 5 rings (SSSR count). The van der Waals surface area contributed by atoms with E-state index >= 15 is 0 Å². The first-order valence-corrected chi connectivity index (χ1v) is 10.2. The summed E-state index contributed by atoms with van der Waals surface area (Å²) in [6.07, 6.45) is 4.21. The van der Waals surface area contributed by atoms with Gasteiger partial charge in [-0.15, -0.1) is 0 Å². The van der Waals surface area contributed by atoms with Crippen LogP contribution >= 0.6 is 11.6 Å². The molecule has 2 unspecified atom stereocenters. The van der Waals surface area contributed by atoms with Gasteiger partial charge in [0.25, 0.3) is 5.91 Å². The van der Waals surface area contributed by atoms with Crippen molar-refractivity contribution in [1.29, 1.82) is 0 Å². The number of hydrogen-bond donors (Lipinski definition) is 1. The minimum atomic E-state index is -0.321. The highest BCUT2D eigenvalue weighted by atomic mass is 35.5. The van der Waals surface area contributed by atoms with Crippen molar-refractivity contribution in [2.75, 3.05) is 7.11 Å². The zero-order valence-electron chi connectivity index (χ0n) is 16.7. The first-order chi connectivity index (χ1) is 15.1. The Hall–Kier alpha value is -3.36. The molecule has 0 spiro atoms. The Morgan fingerprint density at radius 1 is 1.19 bits per heavy atom. The fraction of sp³-hybridized carbons (Fsp3) is 0.227. The van der Waals surface area contributed by atoms with Crippen LogP contribution in [-0.2, 0) is 11.3 Å². The second-order valence-electron chi connectivity index (χ2n) is 7.37. The first kappa shape index (κ1) is 19.6. The Morgan fingerprint density at radius 2 is 2.00 bits per heavy atom. The second kappa shape index (κ2) is 8.05. The molecule has 2 aliphatic rings. The van der Waals surface area contributed by atoms with Crippen molar-refractivity contribution in [2.45, 2.75) is 25.0 Å². The first-order valence-electron chi connectivity index (χ1n) is 9.87. The van der Waals surface area contributed by atoms with Crippen LogP contribution in [0.4, 0.5) is 0 Å². The summed E-state index contributed by atoms with van der Waals surface area (Å²) in [6, 6.07) is 14.7. The van der Waals surface area contributed by atoms with Gasteiger partial charge in [0, 0.05) is 28.5 Å². The Bertz CT molecular complexity index is 1130. The maximum atomic E-state index is 13.1. The Balaban J connectivity index is 1.29. The van der Waals surface area contributed by atoms with E-state index in [1.54, 1.807) is 30.3 Å². The van der Waals surface area contributed by atoms with Crippen molar-refractivity contribution >= 4 is 17.5 Å². The van der Waals surface area contributed by atoms with Gasteiger partial charge in [0.2, 0.25) is 11.7 Å². The summed E-state index contributed by atoms with van der Waals surface area (Å²) in [7, 11) is 1.65. The van der Waals surface area contributed by atoms with E-state index in [4.69, 9.17) is 20.9 Å². The lowest BCUT2D eigenvalue weighted by molar-refractivity contribution is -0.135. The third-order valence-corrected chi connectivity index (χ3v) is 5.72. The number of aromatic nitrogens is 2. The molecule has 0 bridgehead atoms. The average molecular weight is 438 g/mol.